The number of piperidine rings is 1. The van der Waals surface area contributed by atoms with E-state index in [4.69, 9.17) is 4.74 Å². The SMILES string of the molecule is COC1CCN(C(=O)C2CC3CCC2N3)CC1. The zero-order valence-corrected chi connectivity index (χ0v) is 10.5. The van der Waals surface area contributed by atoms with Gasteiger partial charge in [-0.05, 0) is 32.1 Å². The first-order valence-electron chi connectivity index (χ1n) is 6.85. The van der Waals surface area contributed by atoms with E-state index in [-0.39, 0.29) is 5.92 Å². The van der Waals surface area contributed by atoms with Crippen LogP contribution in [0.5, 0.6) is 0 Å². The number of nitrogens with one attached hydrogen (secondary N) is 1. The van der Waals surface area contributed by atoms with E-state index < -0.39 is 0 Å². The number of amides is 1. The number of likely N-dealkylation sites (tertiary alicyclic amines) is 1. The Morgan fingerprint density at radius 3 is 2.53 bits per heavy atom. The topological polar surface area (TPSA) is 41.6 Å². The van der Waals surface area contributed by atoms with Crippen molar-refractivity contribution >= 4 is 5.91 Å². The molecule has 0 spiro atoms. The monoisotopic (exact) mass is 238 g/mol. The van der Waals surface area contributed by atoms with Gasteiger partial charge in [0.05, 0.1) is 12.0 Å². The van der Waals surface area contributed by atoms with Crippen LogP contribution < -0.4 is 5.32 Å². The second kappa shape index (κ2) is 4.58. The minimum Gasteiger partial charge on any atom is -0.381 e. The van der Waals surface area contributed by atoms with Crippen molar-refractivity contribution in [2.24, 2.45) is 5.92 Å². The largest absolute Gasteiger partial charge is 0.381 e. The molecule has 0 aromatic rings. The van der Waals surface area contributed by atoms with E-state index in [1.165, 1.54) is 12.8 Å². The molecule has 0 radical (unpaired) electrons. The minimum absolute atomic E-state index is 0.257. The van der Waals surface area contributed by atoms with Gasteiger partial charge in [0.2, 0.25) is 5.91 Å². The van der Waals surface area contributed by atoms with Crippen LogP contribution in [0, 0.1) is 5.92 Å². The zero-order chi connectivity index (χ0) is 11.8. The number of hydrogen-bond acceptors (Lipinski definition) is 3. The van der Waals surface area contributed by atoms with Crippen molar-refractivity contribution < 1.29 is 9.53 Å². The molecule has 0 aromatic heterocycles. The fourth-order valence-electron chi connectivity index (χ4n) is 3.64. The molecule has 17 heavy (non-hydrogen) atoms. The van der Waals surface area contributed by atoms with Gasteiger partial charge in [0.15, 0.2) is 0 Å². The van der Waals surface area contributed by atoms with Crippen molar-refractivity contribution in [3.05, 3.63) is 0 Å². The number of fused-ring (bicyclic) bond motifs is 2. The molecule has 1 N–H and O–H groups in total. The molecule has 3 unspecified atom stereocenters. The van der Waals surface area contributed by atoms with Crippen molar-refractivity contribution in [3.8, 4) is 0 Å². The van der Waals surface area contributed by atoms with E-state index in [0.29, 0.717) is 24.1 Å². The van der Waals surface area contributed by atoms with Gasteiger partial charge < -0.3 is 15.0 Å². The molecule has 3 atom stereocenters. The molecule has 3 rings (SSSR count). The normalized spacial score (nSPS) is 37.7. The predicted molar refractivity (Wildman–Crippen MR) is 64.7 cm³/mol. The third kappa shape index (κ3) is 2.08. The van der Waals surface area contributed by atoms with Gasteiger partial charge in [0.1, 0.15) is 0 Å². The van der Waals surface area contributed by atoms with E-state index >= 15 is 0 Å². The molecule has 96 valence electrons. The van der Waals surface area contributed by atoms with E-state index in [2.05, 4.69) is 10.2 Å². The maximum Gasteiger partial charge on any atom is 0.227 e. The molecule has 1 amide bonds. The van der Waals surface area contributed by atoms with Crippen molar-refractivity contribution in [1.82, 2.24) is 10.2 Å². The lowest BCUT2D eigenvalue weighted by atomic mass is 9.87. The number of ether oxygens (including phenoxy) is 1. The number of methoxy groups -OCH3 is 1. The minimum atomic E-state index is 0.257. The molecule has 0 saturated carbocycles. The van der Waals surface area contributed by atoms with Crippen LogP contribution in [-0.4, -0.2) is 49.2 Å². The summed E-state index contributed by atoms with van der Waals surface area (Å²) >= 11 is 0. The Hall–Kier alpha value is -0.610. The summed E-state index contributed by atoms with van der Waals surface area (Å²) in [5, 5.41) is 3.55. The van der Waals surface area contributed by atoms with Gasteiger partial charge in [0.25, 0.3) is 0 Å². The Morgan fingerprint density at radius 2 is 2.00 bits per heavy atom. The maximum absolute atomic E-state index is 12.4. The standard InChI is InChI=1S/C13H22N2O2/c1-17-10-4-6-15(7-5-10)13(16)11-8-9-2-3-12(11)14-9/h9-12,14H,2-8H2,1H3. The number of carbonyl (C=O) groups is 1. The fourth-order valence-corrected chi connectivity index (χ4v) is 3.64. The van der Waals surface area contributed by atoms with Crippen LogP contribution in [0.15, 0.2) is 0 Å². The zero-order valence-electron chi connectivity index (χ0n) is 10.5. The Bertz CT molecular complexity index is 300. The number of carbonyl (C=O) groups excluding carboxylic acids is 1. The summed E-state index contributed by atoms with van der Waals surface area (Å²) in [6.07, 6.45) is 5.87. The van der Waals surface area contributed by atoms with Crippen LogP contribution >= 0.6 is 0 Å². The molecule has 3 fully saturated rings. The van der Waals surface area contributed by atoms with Crippen LogP contribution in [0.2, 0.25) is 0 Å². The summed E-state index contributed by atoms with van der Waals surface area (Å²) in [4.78, 5) is 14.5. The molecule has 3 heterocycles. The smallest absolute Gasteiger partial charge is 0.227 e. The highest BCUT2D eigenvalue weighted by Crippen LogP contribution is 2.34. The Kier molecular flexibility index (Phi) is 3.09. The van der Waals surface area contributed by atoms with Gasteiger partial charge in [-0.3, -0.25) is 4.79 Å². The van der Waals surface area contributed by atoms with Crippen molar-refractivity contribution in [2.45, 2.75) is 50.3 Å². The van der Waals surface area contributed by atoms with Crippen LogP contribution in [0.1, 0.15) is 32.1 Å². The van der Waals surface area contributed by atoms with Crippen LogP contribution in [0.25, 0.3) is 0 Å². The molecule has 4 heteroatoms. The van der Waals surface area contributed by atoms with E-state index in [9.17, 15) is 4.79 Å². The second-order valence-corrected chi connectivity index (χ2v) is 5.65. The van der Waals surface area contributed by atoms with E-state index in [1.54, 1.807) is 7.11 Å². The van der Waals surface area contributed by atoms with Gasteiger partial charge in [-0.25, -0.2) is 0 Å². The molecule has 3 saturated heterocycles. The third-order valence-electron chi connectivity index (χ3n) is 4.70. The van der Waals surface area contributed by atoms with Crippen molar-refractivity contribution in [2.75, 3.05) is 20.2 Å². The molecule has 2 bridgehead atoms. The summed E-state index contributed by atoms with van der Waals surface area (Å²) in [6, 6.07) is 1.08. The summed E-state index contributed by atoms with van der Waals surface area (Å²) in [6.45, 7) is 1.76. The van der Waals surface area contributed by atoms with Gasteiger partial charge in [-0.2, -0.15) is 0 Å². The highest BCUT2D eigenvalue weighted by Gasteiger charge is 2.44. The molecular weight excluding hydrogens is 216 g/mol. The Labute approximate surface area is 103 Å². The number of hydrogen-bond donors (Lipinski definition) is 1. The predicted octanol–water partition coefficient (Wildman–Crippen LogP) is 0.764. The Balaban J connectivity index is 1.56. The summed E-state index contributed by atoms with van der Waals surface area (Å²) in [5.74, 6) is 0.645. The van der Waals surface area contributed by atoms with Crippen molar-refractivity contribution in [1.29, 1.82) is 0 Å². The van der Waals surface area contributed by atoms with E-state index in [0.717, 1.165) is 32.4 Å². The quantitative estimate of drug-likeness (QED) is 0.772. The average Bonchev–Trinajstić information content (AvgIpc) is 3.00. The first-order valence-corrected chi connectivity index (χ1v) is 6.85. The molecule has 3 aliphatic heterocycles. The summed E-state index contributed by atoms with van der Waals surface area (Å²) in [5.41, 5.74) is 0. The fraction of sp³-hybridized carbons (Fsp3) is 0.923. The third-order valence-corrected chi connectivity index (χ3v) is 4.70. The summed E-state index contributed by atoms with van der Waals surface area (Å²) < 4.78 is 5.34. The second-order valence-electron chi connectivity index (χ2n) is 5.65. The molecule has 4 nitrogen and oxygen atoms in total. The molecule has 0 aliphatic carbocycles. The van der Waals surface area contributed by atoms with Gasteiger partial charge in [0, 0.05) is 32.3 Å². The highest BCUT2D eigenvalue weighted by molar-refractivity contribution is 5.80. The Morgan fingerprint density at radius 1 is 1.24 bits per heavy atom. The van der Waals surface area contributed by atoms with Gasteiger partial charge in [-0.1, -0.05) is 0 Å². The lowest BCUT2D eigenvalue weighted by Gasteiger charge is -2.34. The van der Waals surface area contributed by atoms with Crippen LogP contribution in [0.4, 0.5) is 0 Å². The summed E-state index contributed by atoms with van der Waals surface area (Å²) in [7, 11) is 1.77. The lowest BCUT2D eigenvalue weighted by Crippen LogP contribution is -2.46. The molecule has 3 aliphatic rings. The van der Waals surface area contributed by atoms with Crippen LogP contribution in [0.3, 0.4) is 0 Å². The van der Waals surface area contributed by atoms with Gasteiger partial charge in [-0.15, -0.1) is 0 Å². The first kappa shape index (κ1) is 11.5. The lowest BCUT2D eigenvalue weighted by molar-refractivity contribution is -0.138. The highest BCUT2D eigenvalue weighted by atomic mass is 16.5. The van der Waals surface area contributed by atoms with Crippen LogP contribution in [-0.2, 0) is 9.53 Å². The maximum atomic E-state index is 12.4. The number of nitrogens with zero attached hydrogens (tertiary/aromatic N) is 1. The average molecular weight is 238 g/mol. The van der Waals surface area contributed by atoms with E-state index in [1.807, 2.05) is 0 Å². The number of rotatable bonds is 2. The molecule has 0 aromatic carbocycles. The molecular formula is C13H22N2O2. The first-order chi connectivity index (χ1) is 8.28. The van der Waals surface area contributed by atoms with Crippen molar-refractivity contribution in [3.63, 3.8) is 0 Å². The van der Waals surface area contributed by atoms with Gasteiger partial charge >= 0.3 is 0 Å².